The van der Waals surface area contributed by atoms with E-state index in [1.165, 1.54) is 0 Å². The van der Waals surface area contributed by atoms with Crippen LogP contribution in [0.15, 0.2) is 34.9 Å². The van der Waals surface area contributed by atoms with Crippen LogP contribution in [-0.4, -0.2) is 39.7 Å². The Bertz CT molecular complexity index is 589. The molecule has 0 aromatic heterocycles. The van der Waals surface area contributed by atoms with Gasteiger partial charge in [0, 0.05) is 24.7 Å². The smallest absolute Gasteiger partial charge is 0.358 e. The fourth-order valence-electron chi connectivity index (χ4n) is 2.54. The monoisotopic (exact) mass is 369 g/mol. The highest BCUT2D eigenvalue weighted by atomic mass is 79.9. The maximum atomic E-state index is 12.2. The first-order valence-electron chi connectivity index (χ1n) is 7.32. The summed E-state index contributed by atoms with van der Waals surface area (Å²) in [5, 5.41) is 10.5. The Morgan fingerprint density at radius 2 is 2.23 bits per heavy atom. The lowest BCUT2D eigenvalue weighted by Gasteiger charge is -2.32. The van der Waals surface area contributed by atoms with Crippen molar-refractivity contribution in [1.82, 2.24) is 4.90 Å². The number of aliphatic hydroxyl groups is 1. The lowest BCUT2D eigenvalue weighted by atomic mass is 9.89. The van der Waals surface area contributed by atoms with Crippen molar-refractivity contribution in [3.8, 4) is 0 Å². The predicted molar refractivity (Wildman–Crippen MR) is 86.3 cm³/mol. The van der Waals surface area contributed by atoms with Gasteiger partial charge in [0.25, 0.3) is 0 Å². The molecule has 0 saturated heterocycles. The number of carbonyl (C=O) groups excluding carboxylic acids is 2. The molecule has 0 spiro atoms. The molecule has 2 rings (SSSR count). The fourth-order valence-corrected chi connectivity index (χ4v) is 2.97. The zero-order chi connectivity index (χ0) is 16.4. The van der Waals surface area contributed by atoms with Crippen LogP contribution in [0.2, 0.25) is 0 Å². The first-order chi connectivity index (χ1) is 10.3. The number of esters is 1. The number of rotatable bonds is 4. The van der Waals surface area contributed by atoms with Crippen LogP contribution in [0.25, 0.3) is 0 Å². The highest BCUT2D eigenvalue weighted by Gasteiger charge is 2.35. The second kappa shape index (κ2) is 6.69. The Morgan fingerprint density at radius 1 is 1.55 bits per heavy atom. The van der Waals surface area contributed by atoms with Crippen molar-refractivity contribution in [2.45, 2.75) is 32.0 Å². The zero-order valence-electron chi connectivity index (χ0n) is 12.9. The van der Waals surface area contributed by atoms with Gasteiger partial charge in [0.05, 0.1) is 11.4 Å². The number of hydrogen-bond donors (Lipinski definition) is 1. The number of hydrogen-bond acceptors (Lipinski definition) is 5. The molecule has 1 aliphatic heterocycles. The van der Waals surface area contributed by atoms with Crippen LogP contribution < -0.4 is 0 Å². The Balaban J connectivity index is 2.48. The molecule has 22 heavy (non-hydrogen) atoms. The highest BCUT2D eigenvalue weighted by Crippen LogP contribution is 2.36. The van der Waals surface area contributed by atoms with Gasteiger partial charge in [-0.3, -0.25) is 4.79 Å². The fraction of sp³-hybridized carbons (Fsp3) is 0.500. The SMILES string of the molecule is CCOC(=O)C1=C(O)C2=CC(Br)C(=O)CC2=CN1CC(C)C. The number of alkyl halides is 1. The number of Topliss-reactive ketones (excluding diaryl/α,β-unsaturated/α-hetero) is 1. The average molecular weight is 370 g/mol. The number of fused-ring (bicyclic) bond motifs is 1. The number of ether oxygens (including phenoxy) is 1. The molecule has 5 nitrogen and oxygen atoms in total. The number of allylic oxidation sites excluding steroid dienone is 2. The molecule has 0 radical (unpaired) electrons. The first-order valence-corrected chi connectivity index (χ1v) is 8.23. The number of nitrogens with zero attached hydrogens (tertiary/aromatic N) is 1. The van der Waals surface area contributed by atoms with E-state index in [-0.39, 0.29) is 36.2 Å². The number of halogens is 1. The summed E-state index contributed by atoms with van der Waals surface area (Å²) in [5.74, 6) is -0.358. The lowest BCUT2D eigenvalue weighted by Crippen LogP contribution is -2.34. The van der Waals surface area contributed by atoms with Crippen LogP contribution in [0.5, 0.6) is 0 Å². The van der Waals surface area contributed by atoms with E-state index in [9.17, 15) is 14.7 Å². The van der Waals surface area contributed by atoms with Gasteiger partial charge in [-0.05, 0) is 18.4 Å². The topological polar surface area (TPSA) is 66.8 Å². The molecular formula is C16H20BrNO4. The van der Waals surface area contributed by atoms with Crippen molar-refractivity contribution in [1.29, 1.82) is 0 Å². The van der Waals surface area contributed by atoms with Gasteiger partial charge in [-0.2, -0.15) is 0 Å². The molecule has 0 aromatic rings. The van der Waals surface area contributed by atoms with Gasteiger partial charge in [0.2, 0.25) is 0 Å². The van der Waals surface area contributed by atoms with E-state index in [2.05, 4.69) is 15.9 Å². The molecule has 6 heteroatoms. The maximum absolute atomic E-state index is 12.2. The molecule has 0 saturated carbocycles. The van der Waals surface area contributed by atoms with Gasteiger partial charge < -0.3 is 14.7 Å². The van der Waals surface area contributed by atoms with E-state index >= 15 is 0 Å². The Labute approximate surface area is 138 Å². The second-order valence-corrected chi connectivity index (χ2v) is 6.73. The van der Waals surface area contributed by atoms with E-state index in [1.807, 2.05) is 13.8 Å². The molecule has 1 atom stereocenters. The number of aliphatic hydroxyl groups excluding tert-OH is 1. The minimum absolute atomic E-state index is 0.0341. The maximum Gasteiger partial charge on any atom is 0.358 e. The standard InChI is InChI=1S/C16H20BrNO4/c1-4-22-16(21)14-15(20)11-6-12(17)13(19)5-10(11)8-18(14)7-9(2)3/h6,8-9,12,20H,4-5,7H2,1-3H3. The molecule has 1 aliphatic carbocycles. The molecule has 0 fully saturated rings. The van der Waals surface area contributed by atoms with E-state index in [0.717, 1.165) is 5.57 Å². The van der Waals surface area contributed by atoms with Crippen LogP contribution in [0, 0.1) is 5.92 Å². The van der Waals surface area contributed by atoms with Crippen molar-refractivity contribution in [3.05, 3.63) is 34.9 Å². The predicted octanol–water partition coefficient (Wildman–Crippen LogP) is 2.84. The van der Waals surface area contributed by atoms with Gasteiger partial charge >= 0.3 is 5.97 Å². The van der Waals surface area contributed by atoms with Crippen LogP contribution in [0.3, 0.4) is 0 Å². The van der Waals surface area contributed by atoms with Gasteiger partial charge in [0.1, 0.15) is 0 Å². The molecular weight excluding hydrogens is 350 g/mol. The zero-order valence-corrected chi connectivity index (χ0v) is 14.5. The first kappa shape index (κ1) is 16.8. The van der Waals surface area contributed by atoms with E-state index < -0.39 is 10.8 Å². The summed E-state index contributed by atoms with van der Waals surface area (Å²) >= 11 is 3.27. The quantitative estimate of drug-likeness (QED) is 0.609. The highest BCUT2D eigenvalue weighted by molar-refractivity contribution is 9.10. The third kappa shape index (κ3) is 3.27. The molecule has 0 aromatic carbocycles. The Kier molecular flexibility index (Phi) is 5.11. The molecule has 1 unspecified atom stereocenters. The second-order valence-electron chi connectivity index (χ2n) is 5.74. The van der Waals surface area contributed by atoms with Crippen LogP contribution in [0.4, 0.5) is 0 Å². The minimum atomic E-state index is -0.556. The molecule has 1 N–H and O–H groups in total. The number of carbonyl (C=O) groups is 2. The van der Waals surface area contributed by atoms with Crippen molar-refractivity contribution in [2.24, 2.45) is 5.92 Å². The average Bonchev–Trinajstić information content (AvgIpc) is 2.41. The summed E-state index contributed by atoms with van der Waals surface area (Å²) in [6.07, 6.45) is 3.64. The summed E-state index contributed by atoms with van der Waals surface area (Å²) in [6, 6.07) is 0. The molecule has 2 aliphatic rings. The van der Waals surface area contributed by atoms with Gasteiger partial charge in [-0.25, -0.2) is 4.79 Å². The van der Waals surface area contributed by atoms with Gasteiger partial charge in [-0.1, -0.05) is 35.9 Å². The summed E-state index contributed by atoms with van der Waals surface area (Å²) in [4.78, 5) is 25.3. The van der Waals surface area contributed by atoms with Gasteiger partial charge in [0.15, 0.2) is 17.2 Å². The van der Waals surface area contributed by atoms with Crippen molar-refractivity contribution in [2.75, 3.05) is 13.2 Å². The molecule has 0 bridgehead atoms. The largest absolute Gasteiger partial charge is 0.505 e. The van der Waals surface area contributed by atoms with E-state index in [4.69, 9.17) is 4.74 Å². The van der Waals surface area contributed by atoms with Crippen molar-refractivity contribution >= 4 is 27.7 Å². The van der Waals surface area contributed by atoms with Crippen LogP contribution in [-0.2, 0) is 14.3 Å². The third-order valence-electron chi connectivity index (χ3n) is 3.44. The van der Waals surface area contributed by atoms with Crippen LogP contribution in [0.1, 0.15) is 27.2 Å². The van der Waals surface area contributed by atoms with E-state index in [1.54, 1.807) is 24.1 Å². The van der Waals surface area contributed by atoms with Crippen molar-refractivity contribution in [3.63, 3.8) is 0 Å². The van der Waals surface area contributed by atoms with E-state index in [0.29, 0.717) is 12.1 Å². The van der Waals surface area contributed by atoms with Gasteiger partial charge in [-0.15, -0.1) is 0 Å². The lowest BCUT2D eigenvalue weighted by molar-refractivity contribution is -0.140. The molecule has 0 amide bonds. The number of ketones is 1. The summed E-state index contributed by atoms with van der Waals surface area (Å²) in [6.45, 7) is 6.55. The van der Waals surface area contributed by atoms with Crippen LogP contribution >= 0.6 is 15.9 Å². The Morgan fingerprint density at radius 3 is 2.82 bits per heavy atom. The molecule has 1 heterocycles. The summed E-state index contributed by atoms with van der Waals surface area (Å²) < 4.78 is 5.06. The normalized spacial score (nSPS) is 21.6. The summed E-state index contributed by atoms with van der Waals surface area (Å²) in [5.41, 5.74) is 1.40. The third-order valence-corrected chi connectivity index (χ3v) is 4.22. The Hall–Kier alpha value is -1.56. The summed E-state index contributed by atoms with van der Waals surface area (Å²) in [7, 11) is 0. The van der Waals surface area contributed by atoms with Crippen molar-refractivity contribution < 1.29 is 19.4 Å². The molecule has 120 valence electrons. The minimum Gasteiger partial charge on any atom is -0.505 e.